The third kappa shape index (κ3) is 3.32. The third-order valence-electron chi connectivity index (χ3n) is 4.16. The lowest BCUT2D eigenvalue weighted by Crippen LogP contribution is -2.17. The average Bonchev–Trinajstić information content (AvgIpc) is 3.44. The molecular formula is C19H12N8OS. The first kappa shape index (κ1) is 17.1. The fourth-order valence-corrected chi connectivity index (χ4v) is 3.50. The predicted molar refractivity (Wildman–Crippen MR) is 108 cm³/mol. The number of hydrogen-bond acceptors (Lipinski definition) is 8. The SMILES string of the molecule is O=C(Nc1nc(-c2ccc3ccccc3n2)cs1)c1cnnn1-c1cncnc1. The van der Waals surface area contributed by atoms with Crippen LogP contribution in [-0.4, -0.2) is 40.8 Å². The van der Waals surface area contributed by atoms with E-state index in [4.69, 9.17) is 0 Å². The van der Waals surface area contributed by atoms with Crippen LogP contribution in [0.5, 0.6) is 0 Å². The highest BCUT2D eigenvalue weighted by Crippen LogP contribution is 2.25. The van der Waals surface area contributed by atoms with E-state index >= 15 is 0 Å². The minimum Gasteiger partial charge on any atom is -0.296 e. The molecule has 0 aliphatic carbocycles. The molecule has 1 amide bonds. The van der Waals surface area contributed by atoms with Gasteiger partial charge in [-0.15, -0.1) is 16.4 Å². The van der Waals surface area contributed by atoms with E-state index in [1.807, 2.05) is 41.8 Å². The largest absolute Gasteiger partial charge is 0.296 e. The molecule has 140 valence electrons. The van der Waals surface area contributed by atoms with Crippen LogP contribution >= 0.6 is 11.3 Å². The summed E-state index contributed by atoms with van der Waals surface area (Å²) in [5.74, 6) is -0.383. The Bertz CT molecular complexity index is 1310. The van der Waals surface area contributed by atoms with Gasteiger partial charge in [0.1, 0.15) is 17.7 Å². The minimum absolute atomic E-state index is 0.250. The smallest absolute Gasteiger partial charge is 0.277 e. The summed E-state index contributed by atoms with van der Waals surface area (Å²) in [5.41, 5.74) is 3.12. The van der Waals surface area contributed by atoms with Crippen LogP contribution < -0.4 is 5.32 Å². The molecule has 5 rings (SSSR count). The number of amides is 1. The third-order valence-corrected chi connectivity index (χ3v) is 4.92. The number of carbonyl (C=O) groups is 1. The first-order valence-electron chi connectivity index (χ1n) is 8.57. The Morgan fingerprint density at radius 1 is 0.966 bits per heavy atom. The zero-order valence-electron chi connectivity index (χ0n) is 14.8. The predicted octanol–water partition coefficient (Wildman–Crippen LogP) is 2.98. The van der Waals surface area contributed by atoms with Gasteiger partial charge < -0.3 is 0 Å². The summed E-state index contributed by atoms with van der Waals surface area (Å²) in [6.07, 6.45) is 5.87. The number of benzene rings is 1. The Hall–Kier alpha value is -4.05. The fraction of sp³-hybridized carbons (Fsp3) is 0. The number of hydrogen-bond donors (Lipinski definition) is 1. The number of anilines is 1. The molecule has 4 aromatic heterocycles. The molecule has 0 spiro atoms. The second kappa shape index (κ2) is 7.17. The maximum absolute atomic E-state index is 12.7. The number of carbonyl (C=O) groups excluding carboxylic acids is 1. The van der Waals surface area contributed by atoms with Crippen LogP contribution in [0.3, 0.4) is 0 Å². The Morgan fingerprint density at radius 2 is 1.83 bits per heavy atom. The Kier molecular flexibility index (Phi) is 4.22. The number of pyridine rings is 1. The van der Waals surface area contributed by atoms with Crippen molar-refractivity contribution in [3.63, 3.8) is 0 Å². The van der Waals surface area contributed by atoms with E-state index in [0.717, 1.165) is 16.6 Å². The highest BCUT2D eigenvalue weighted by atomic mass is 32.1. The molecule has 1 N–H and O–H groups in total. The standard InChI is InChI=1S/C19H12N8OS/c28-18(17-9-22-26-27(17)13-7-20-11-21-8-13)25-19-24-16(10-29-19)15-6-5-12-3-1-2-4-14(12)23-15/h1-11H,(H,24,25,28). The normalized spacial score (nSPS) is 10.9. The quantitative estimate of drug-likeness (QED) is 0.493. The number of fused-ring (bicyclic) bond motifs is 1. The Balaban J connectivity index is 1.39. The number of rotatable bonds is 4. The first-order chi connectivity index (χ1) is 14.3. The lowest BCUT2D eigenvalue weighted by atomic mass is 10.2. The van der Waals surface area contributed by atoms with Gasteiger partial charge in [0.2, 0.25) is 0 Å². The van der Waals surface area contributed by atoms with Crippen molar-refractivity contribution in [2.45, 2.75) is 0 Å². The number of nitrogens with one attached hydrogen (secondary N) is 1. The van der Waals surface area contributed by atoms with Crippen LogP contribution in [0.25, 0.3) is 28.0 Å². The summed E-state index contributed by atoms with van der Waals surface area (Å²) in [4.78, 5) is 29.7. The number of thiazole rings is 1. The topological polar surface area (TPSA) is 111 Å². The maximum Gasteiger partial charge on any atom is 0.277 e. The minimum atomic E-state index is -0.383. The van der Waals surface area contributed by atoms with Crippen molar-refractivity contribution in [3.05, 3.63) is 72.4 Å². The lowest BCUT2D eigenvalue weighted by molar-refractivity contribution is 0.101. The van der Waals surface area contributed by atoms with Crippen molar-refractivity contribution in [3.8, 4) is 17.1 Å². The molecule has 10 heteroatoms. The van der Waals surface area contributed by atoms with E-state index in [1.54, 1.807) is 12.4 Å². The van der Waals surface area contributed by atoms with Crippen molar-refractivity contribution < 1.29 is 4.79 Å². The zero-order valence-corrected chi connectivity index (χ0v) is 15.6. The second-order valence-electron chi connectivity index (χ2n) is 6.01. The van der Waals surface area contributed by atoms with Crippen LogP contribution in [0.15, 0.2) is 66.7 Å². The molecule has 0 saturated carbocycles. The molecule has 0 aliphatic rings. The zero-order chi connectivity index (χ0) is 19.6. The van der Waals surface area contributed by atoms with Crippen LogP contribution in [0.4, 0.5) is 5.13 Å². The Morgan fingerprint density at radius 3 is 2.72 bits per heavy atom. The summed E-state index contributed by atoms with van der Waals surface area (Å²) in [5, 5.41) is 13.9. The second-order valence-corrected chi connectivity index (χ2v) is 6.87. The molecule has 0 fully saturated rings. The summed E-state index contributed by atoms with van der Waals surface area (Å²) in [7, 11) is 0. The van der Waals surface area contributed by atoms with Crippen LogP contribution in [0.2, 0.25) is 0 Å². The maximum atomic E-state index is 12.7. The lowest BCUT2D eigenvalue weighted by Gasteiger charge is -2.04. The van der Waals surface area contributed by atoms with Crippen LogP contribution in [0.1, 0.15) is 10.5 Å². The van der Waals surface area contributed by atoms with Crippen molar-refractivity contribution >= 4 is 33.3 Å². The number of aromatic nitrogens is 7. The van der Waals surface area contributed by atoms with Gasteiger partial charge in [0.15, 0.2) is 10.8 Å². The van der Waals surface area contributed by atoms with E-state index in [9.17, 15) is 4.79 Å². The number of nitrogens with zero attached hydrogens (tertiary/aromatic N) is 7. The molecule has 1 aromatic carbocycles. The van der Waals surface area contributed by atoms with Crippen molar-refractivity contribution in [2.24, 2.45) is 0 Å². The first-order valence-corrected chi connectivity index (χ1v) is 9.45. The molecule has 0 bridgehead atoms. The van der Waals surface area contributed by atoms with E-state index in [0.29, 0.717) is 16.5 Å². The average molecular weight is 400 g/mol. The van der Waals surface area contributed by atoms with Crippen molar-refractivity contribution in [1.82, 2.24) is 34.9 Å². The van der Waals surface area contributed by atoms with Gasteiger partial charge in [0.05, 0.1) is 29.8 Å². The van der Waals surface area contributed by atoms with Crippen LogP contribution in [0, 0.1) is 0 Å². The molecule has 0 atom stereocenters. The molecule has 0 saturated heterocycles. The van der Waals surface area contributed by atoms with Crippen molar-refractivity contribution in [2.75, 3.05) is 5.32 Å². The number of para-hydroxylation sites is 1. The summed E-state index contributed by atoms with van der Waals surface area (Å²) in [6, 6.07) is 11.8. The molecule has 0 unspecified atom stereocenters. The summed E-state index contributed by atoms with van der Waals surface area (Å²) < 4.78 is 1.37. The van der Waals surface area contributed by atoms with Crippen LogP contribution in [-0.2, 0) is 0 Å². The molecule has 0 aliphatic heterocycles. The van der Waals surface area contributed by atoms with Gasteiger partial charge in [0.25, 0.3) is 5.91 Å². The molecule has 0 radical (unpaired) electrons. The van der Waals surface area contributed by atoms with Gasteiger partial charge in [0, 0.05) is 10.8 Å². The van der Waals surface area contributed by atoms with Gasteiger partial charge in [-0.3, -0.25) is 10.1 Å². The van der Waals surface area contributed by atoms with Gasteiger partial charge >= 0.3 is 0 Å². The highest BCUT2D eigenvalue weighted by molar-refractivity contribution is 7.14. The monoisotopic (exact) mass is 400 g/mol. The van der Waals surface area contributed by atoms with Crippen molar-refractivity contribution in [1.29, 1.82) is 0 Å². The summed E-state index contributed by atoms with van der Waals surface area (Å²) in [6.45, 7) is 0. The Labute approximate surface area is 168 Å². The van der Waals surface area contributed by atoms with E-state index in [-0.39, 0.29) is 11.6 Å². The molecule has 5 aromatic rings. The molecular weight excluding hydrogens is 388 g/mol. The molecule has 4 heterocycles. The molecule has 9 nitrogen and oxygen atoms in total. The van der Waals surface area contributed by atoms with E-state index in [1.165, 1.54) is 28.5 Å². The fourth-order valence-electron chi connectivity index (χ4n) is 2.80. The molecule has 29 heavy (non-hydrogen) atoms. The van der Waals surface area contributed by atoms with Gasteiger partial charge in [-0.2, -0.15) is 0 Å². The van der Waals surface area contributed by atoms with E-state index < -0.39 is 0 Å². The van der Waals surface area contributed by atoms with Gasteiger partial charge in [-0.25, -0.2) is 24.6 Å². The van der Waals surface area contributed by atoms with Gasteiger partial charge in [-0.05, 0) is 12.1 Å². The summed E-state index contributed by atoms with van der Waals surface area (Å²) >= 11 is 1.32. The highest BCUT2D eigenvalue weighted by Gasteiger charge is 2.17. The van der Waals surface area contributed by atoms with Gasteiger partial charge in [-0.1, -0.05) is 29.5 Å². The van der Waals surface area contributed by atoms with E-state index in [2.05, 4.69) is 35.6 Å².